The normalized spacial score (nSPS) is 22.4. The van der Waals surface area contributed by atoms with E-state index in [0.29, 0.717) is 19.8 Å². The van der Waals surface area contributed by atoms with E-state index in [1.807, 2.05) is 0 Å². The molecule has 0 unspecified atom stereocenters. The molecule has 0 bridgehead atoms. The third-order valence-corrected chi connectivity index (χ3v) is 6.73. The average molecular weight is 370 g/mol. The first-order chi connectivity index (χ1) is 11.9. The van der Waals surface area contributed by atoms with Crippen LogP contribution < -0.4 is 5.32 Å². The second kappa shape index (κ2) is 7.29. The molecule has 0 spiro atoms. The van der Waals surface area contributed by atoms with Gasteiger partial charge in [-0.25, -0.2) is 17.6 Å². The Morgan fingerprint density at radius 2 is 1.76 bits per heavy atom. The number of ether oxygens (including phenoxy) is 1. The molecule has 2 heterocycles. The number of carbonyl (C=O) groups excluding carboxylic acids is 1. The minimum atomic E-state index is -3.02. The van der Waals surface area contributed by atoms with Crippen molar-refractivity contribution in [1.82, 2.24) is 10.2 Å². The summed E-state index contributed by atoms with van der Waals surface area (Å²) in [6.07, 6.45) is 1.49. The maximum Gasteiger partial charge on any atom is 0.317 e. The van der Waals surface area contributed by atoms with Crippen LogP contribution in [0.2, 0.25) is 0 Å². The highest BCUT2D eigenvalue weighted by Gasteiger charge is 2.35. The number of nitrogens with one attached hydrogen (secondary N) is 1. The highest BCUT2D eigenvalue weighted by Crippen LogP contribution is 2.34. The molecule has 8 heteroatoms. The fourth-order valence-electron chi connectivity index (χ4n) is 3.41. The van der Waals surface area contributed by atoms with Crippen molar-refractivity contribution in [3.05, 3.63) is 35.6 Å². The van der Waals surface area contributed by atoms with Crippen molar-refractivity contribution in [2.45, 2.75) is 18.3 Å². The van der Waals surface area contributed by atoms with E-state index in [1.165, 1.54) is 12.1 Å². The van der Waals surface area contributed by atoms with Crippen molar-refractivity contribution >= 4 is 15.9 Å². The van der Waals surface area contributed by atoms with Gasteiger partial charge in [0.25, 0.3) is 0 Å². The summed E-state index contributed by atoms with van der Waals surface area (Å²) in [5, 5.41) is 2.95. The van der Waals surface area contributed by atoms with Gasteiger partial charge in [0.2, 0.25) is 0 Å². The van der Waals surface area contributed by atoms with Crippen molar-refractivity contribution in [3.8, 4) is 0 Å². The molecular weight excluding hydrogens is 347 g/mol. The Balaban J connectivity index is 1.67. The summed E-state index contributed by atoms with van der Waals surface area (Å²) in [6, 6.07) is 6.15. The third kappa shape index (κ3) is 4.30. The summed E-state index contributed by atoms with van der Waals surface area (Å²) in [5.74, 6) is -0.265. The fourth-order valence-corrected chi connectivity index (χ4v) is 4.61. The van der Waals surface area contributed by atoms with Crippen LogP contribution in [0.4, 0.5) is 9.18 Å². The molecule has 2 saturated heterocycles. The minimum Gasteiger partial charge on any atom is -0.381 e. The maximum absolute atomic E-state index is 13.2. The number of hydrogen-bond donors (Lipinski definition) is 1. The molecule has 3 rings (SSSR count). The molecule has 0 radical (unpaired) electrons. The Morgan fingerprint density at radius 3 is 2.36 bits per heavy atom. The van der Waals surface area contributed by atoms with Crippen LogP contribution in [-0.2, 0) is 20.0 Å². The molecule has 2 aliphatic rings. The van der Waals surface area contributed by atoms with Gasteiger partial charge in [-0.1, -0.05) is 12.1 Å². The largest absolute Gasteiger partial charge is 0.381 e. The molecule has 0 aromatic heterocycles. The van der Waals surface area contributed by atoms with Crippen LogP contribution in [0, 0.1) is 5.82 Å². The Labute approximate surface area is 147 Å². The van der Waals surface area contributed by atoms with E-state index in [9.17, 15) is 17.6 Å². The number of carbonyl (C=O) groups is 1. The number of urea groups is 1. The average Bonchev–Trinajstić information content (AvgIpc) is 2.61. The Bertz CT molecular complexity index is 701. The number of hydrogen-bond acceptors (Lipinski definition) is 4. The topological polar surface area (TPSA) is 75.7 Å². The minimum absolute atomic E-state index is 0.0113. The van der Waals surface area contributed by atoms with Crippen LogP contribution in [0.1, 0.15) is 18.4 Å². The standard InChI is InChI=1S/C17H23FN2O4S/c18-15-3-1-14(2-4-15)17(5-9-24-10-6-17)13-19-16(21)20-7-11-25(22,23)12-8-20/h1-4H,5-13H2,(H,19,21). The molecule has 0 saturated carbocycles. The molecule has 0 atom stereocenters. The van der Waals surface area contributed by atoms with Gasteiger partial charge in [-0.3, -0.25) is 0 Å². The maximum atomic E-state index is 13.2. The first-order valence-corrected chi connectivity index (χ1v) is 10.3. The third-order valence-electron chi connectivity index (χ3n) is 5.12. The summed E-state index contributed by atoms with van der Waals surface area (Å²) < 4.78 is 41.7. The van der Waals surface area contributed by atoms with Gasteiger partial charge in [-0.15, -0.1) is 0 Å². The lowest BCUT2D eigenvalue weighted by atomic mass is 9.74. The van der Waals surface area contributed by atoms with Crippen molar-refractivity contribution in [1.29, 1.82) is 0 Å². The molecule has 2 amide bonds. The van der Waals surface area contributed by atoms with E-state index in [0.717, 1.165) is 18.4 Å². The van der Waals surface area contributed by atoms with Gasteiger partial charge in [-0.05, 0) is 30.5 Å². The van der Waals surface area contributed by atoms with Crippen molar-refractivity contribution < 1.29 is 22.3 Å². The second-order valence-corrected chi connectivity index (χ2v) is 9.00. The number of halogens is 1. The monoisotopic (exact) mass is 370 g/mol. The van der Waals surface area contributed by atoms with Crippen LogP contribution in [0.3, 0.4) is 0 Å². The van der Waals surface area contributed by atoms with Crippen molar-refractivity contribution in [2.75, 3.05) is 44.4 Å². The molecule has 2 aliphatic heterocycles. The lowest BCUT2D eigenvalue weighted by molar-refractivity contribution is 0.0501. The van der Waals surface area contributed by atoms with Gasteiger partial charge >= 0.3 is 6.03 Å². The zero-order valence-corrected chi connectivity index (χ0v) is 14.9. The van der Waals surface area contributed by atoms with E-state index in [2.05, 4.69) is 5.32 Å². The van der Waals surface area contributed by atoms with E-state index in [1.54, 1.807) is 17.0 Å². The summed E-state index contributed by atoms with van der Waals surface area (Å²) >= 11 is 0. The summed E-state index contributed by atoms with van der Waals surface area (Å²) in [5.41, 5.74) is 0.697. The zero-order valence-electron chi connectivity index (χ0n) is 14.0. The first-order valence-electron chi connectivity index (χ1n) is 8.47. The number of benzene rings is 1. The highest BCUT2D eigenvalue weighted by atomic mass is 32.2. The second-order valence-electron chi connectivity index (χ2n) is 6.70. The quantitative estimate of drug-likeness (QED) is 0.871. The van der Waals surface area contributed by atoms with Gasteiger partial charge in [0.05, 0.1) is 11.5 Å². The Morgan fingerprint density at radius 1 is 1.16 bits per heavy atom. The Hall–Kier alpha value is -1.67. The zero-order chi connectivity index (χ0) is 17.9. The van der Waals surface area contributed by atoms with E-state index < -0.39 is 9.84 Å². The van der Waals surface area contributed by atoms with Crippen LogP contribution in [0.25, 0.3) is 0 Å². The van der Waals surface area contributed by atoms with Gasteiger partial charge < -0.3 is 15.0 Å². The number of rotatable bonds is 3. The smallest absolute Gasteiger partial charge is 0.317 e. The number of amides is 2. The molecule has 138 valence electrons. The molecule has 2 fully saturated rings. The molecule has 1 aromatic rings. The predicted octanol–water partition coefficient (Wildman–Crippen LogP) is 1.31. The lowest BCUT2D eigenvalue weighted by Crippen LogP contribution is -2.52. The molecule has 6 nitrogen and oxygen atoms in total. The summed E-state index contributed by atoms with van der Waals surface area (Å²) in [6.45, 7) is 2.05. The van der Waals surface area contributed by atoms with Gasteiger partial charge in [0, 0.05) is 38.3 Å². The van der Waals surface area contributed by atoms with Crippen LogP contribution in [-0.4, -0.2) is 63.7 Å². The van der Waals surface area contributed by atoms with Crippen LogP contribution in [0.15, 0.2) is 24.3 Å². The van der Waals surface area contributed by atoms with Crippen LogP contribution >= 0.6 is 0 Å². The molecule has 1 aromatic carbocycles. The van der Waals surface area contributed by atoms with E-state index in [-0.39, 0.29) is 41.9 Å². The van der Waals surface area contributed by atoms with E-state index >= 15 is 0 Å². The lowest BCUT2D eigenvalue weighted by Gasteiger charge is -2.38. The fraction of sp³-hybridized carbons (Fsp3) is 0.588. The van der Waals surface area contributed by atoms with E-state index in [4.69, 9.17) is 4.74 Å². The molecule has 25 heavy (non-hydrogen) atoms. The molecule has 1 N–H and O–H groups in total. The number of sulfone groups is 1. The summed E-state index contributed by atoms with van der Waals surface area (Å²) in [4.78, 5) is 13.9. The predicted molar refractivity (Wildman–Crippen MR) is 91.8 cm³/mol. The SMILES string of the molecule is O=C(NCC1(c2ccc(F)cc2)CCOCC1)N1CCS(=O)(=O)CC1. The van der Waals surface area contributed by atoms with Gasteiger partial charge in [0.15, 0.2) is 9.84 Å². The highest BCUT2D eigenvalue weighted by molar-refractivity contribution is 7.91. The van der Waals surface area contributed by atoms with Gasteiger partial charge in [0.1, 0.15) is 5.82 Å². The molecule has 0 aliphatic carbocycles. The Kier molecular flexibility index (Phi) is 5.29. The van der Waals surface area contributed by atoms with Crippen LogP contribution in [0.5, 0.6) is 0 Å². The summed E-state index contributed by atoms with van der Waals surface area (Å²) in [7, 11) is -3.02. The molecular formula is C17H23FN2O4S. The van der Waals surface area contributed by atoms with Crippen molar-refractivity contribution in [3.63, 3.8) is 0 Å². The van der Waals surface area contributed by atoms with Crippen molar-refractivity contribution in [2.24, 2.45) is 0 Å². The first kappa shape index (κ1) is 18.1. The number of nitrogens with zero attached hydrogens (tertiary/aromatic N) is 1. The van der Waals surface area contributed by atoms with Gasteiger partial charge in [-0.2, -0.15) is 0 Å².